The summed E-state index contributed by atoms with van der Waals surface area (Å²) in [5, 5.41) is 8.20. The molecule has 6 heteroatoms. The van der Waals surface area contributed by atoms with Crippen molar-refractivity contribution in [2.45, 2.75) is 26.8 Å². The maximum atomic E-state index is 11.5. The highest BCUT2D eigenvalue weighted by atomic mass is 35.5. The standard InChI is InChI=1S/C13H18ClN3O2/c1-8(2)16-13(19)17-12(18)7-15-11-5-4-9(3)6-10(11)14/h4-6,8,15H,7H2,1-3H3,(H2,16,17,18,19). The molecule has 0 unspecified atom stereocenters. The Bertz CT molecular complexity index is 475. The Hall–Kier alpha value is -1.75. The van der Waals surface area contributed by atoms with Crippen LogP contribution in [0.2, 0.25) is 5.02 Å². The largest absolute Gasteiger partial charge is 0.375 e. The Morgan fingerprint density at radius 1 is 1.32 bits per heavy atom. The van der Waals surface area contributed by atoms with Gasteiger partial charge in [-0.1, -0.05) is 17.7 Å². The van der Waals surface area contributed by atoms with Gasteiger partial charge in [-0.05, 0) is 38.5 Å². The van der Waals surface area contributed by atoms with Crippen molar-refractivity contribution >= 4 is 29.2 Å². The summed E-state index contributed by atoms with van der Waals surface area (Å²) < 4.78 is 0. The molecule has 0 aliphatic carbocycles. The molecule has 5 nitrogen and oxygen atoms in total. The number of imide groups is 1. The zero-order valence-corrected chi connectivity index (χ0v) is 12.0. The van der Waals surface area contributed by atoms with E-state index in [-0.39, 0.29) is 12.6 Å². The van der Waals surface area contributed by atoms with E-state index in [0.717, 1.165) is 5.56 Å². The SMILES string of the molecule is Cc1ccc(NCC(=O)NC(=O)NC(C)C)c(Cl)c1. The molecule has 0 heterocycles. The first kappa shape index (κ1) is 15.3. The fraction of sp³-hybridized carbons (Fsp3) is 0.385. The lowest BCUT2D eigenvalue weighted by molar-refractivity contribution is -0.118. The molecule has 0 spiro atoms. The quantitative estimate of drug-likeness (QED) is 0.794. The summed E-state index contributed by atoms with van der Waals surface area (Å²) in [4.78, 5) is 22.8. The predicted molar refractivity (Wildman–Crippen MR) is 76.5 cm³/mol. The molecule has 1 rings (SSSR count). The second-order valence-corrected chi connectivity index (χ2v) is 4.92. The van der Waals surface area contributed by atoms with Crippen molar-refractivity contribution in [2.75, 3.05) is 11.9 Å². The number of urea groups is 1. The van der Waals surface area contributed by atoms with Crippen LogP contribution in [0, 0.1) is 6.92 Å². The Morgan fingerprint density at radius 3 is 2.58 bits per heavy atom. The van der Waals surface area contributed by atoms with Crippen molar-refractivity contribution in [3.05, 3.63) is 28.8 Å². The molecule has 0 bridgehead atoms. The molecule has 0 fully saturated rings. The van der Waals surface area contributed by atoms with Gasteiger partial charge in [-0.2, -0.15) is 0 Å². The van der Waals surface area contributed by atoms with E-state index in [2.05, 4.69) is 16.0 Å². The van der Waals surface area contributed by atoms with Gasteiger partial charge >= 0.3 is 6.03 Å². The highest BCUT2D eigenvalue weighted by Crippen LogP contribution is 2.22. The molecule has 3 N–H and O–H groups in total. The number of anilines is 1. The number of hydrogen-bond donors (Lipinski definition) is 3. The number of nitrogens with one attached hydrogen (secondary N) is 3. The van der Waals surface area contributed by atoms with Crippen LogP contribution in [0.3, 0.4) is 0 Å². The molecule has 0 atom stereocenters. The average Bonchev–Trinajstić information content (AvgIpc) is 2.26. The van der Waals surface area contributed by atoms with Crippen molar-refractivity contribution in [3.8, 4) is 0 Å². The third-order valence-corrected chi connectivity index (χ3v) is 2.55. The van der Waals surface area contributed by atoms with Crippen LogP contribution < -0.4 is 16.0 Å². The molecule has 0 aliphatic rings. The van der Waals surface area contributed by atoms with Gasteiger partial charge in [-0.3, -0.25) is 10.1 Å². The summed E-state index contributed by atoms with van der Waals surface area (Å²) in [5.41, 5.74) is 1.70. The number of benzene rings is 1. The van der Waals surface area contributed by atoms with Crippen LogP contribution >= 0.6 is 11.6 Å². The lowest BCUT2D eigenvalue weighted by atomic mass is 10.2. The lowest BCUT2D eigenvalue weighted by Crippen LogP contribution is -2.44. The predicted octanol–water partition coefficient (Wildman–Crippen LogP) is 2.29. The van der Waals surface area contributed by atoms with Gasteiger partial charge in [0, 0.05) is 6.04 Å². The Balaban J connectivity index is 2.44. The van der Waals surface area contributed by atoms with Crippen LogP contribution in [0.1, 0.15) is 19.4 Å². The zero-order valence-electron chi connectivity index (χ0n) is 11.2. The minimum Gasteiger partial charge on any atom is -0.375 e. The van der Waals surface area contributed by atoms with Gasteiger partial charge < -0.3 is 10.6 Å². The molecule has 0 radical (unpaired) electrons. The number of aryl methyl sites for hydroxylation is 1. The summed E-state index contributed by atoms with van der Waals surface area (Å²) in [5.74, 6) is -0.421. The van der Waals surface area contributed by atoms with Gasteiger partial charge in [-0.25, -0.2) is 4.79 Å². The maximum absolute atomic E-state index is 11.5. The summed E-state index contributed by atoms with van der Waals surface area (Å²) in [6, 6.07) is 4.95. The van der Waals surface area contributed by atoms with Crippen molar-refractivity contribution in [2.24, 2.45) is 0 Å². The molecular formula is C13H18ClN3O2. The third-order valence-electron chi connectivity index (χ3n) is 2.24. The second kappa shape index (κ2) is 6.99. The van der Waals surface area contributed by atoms with E-state index in [0.29, 0.717) is 10.7 Å². The molecule has 0 aromatic heterocycles. The molecule has 1 aromatic rings. The minimum atomic E-state index is -0.503. The van der Waals surface area contributed by atoms with Crippen LogP contribution in [0.25, 0.3) is 0 Å². The fourth-order valence-corrected chi connectivity index (χ4v) is 1.71. The van der Waals surface area contributed by atoms with Crippen molar-refractivity contribution in [3.63, 3.8) is 0 Å². The highest BCUT2D eigenvalue weighted by molar-refractivity contribution is 6.33. The van der Waals surface area contributed by atoms with E-state index in [4.69, 9.17) is 11.6 Å². The van der Waals surface area contributed by atoms with Gasteiger partial charge in [0.1, 0.15) is 0 Å². The third kappa shape index (κ3) is 5.61. The Kier molecular flexibility index (Phi) is 5.63. The highest BCUT2D eigenvalue weighted by Gasteiger charge is 2.09. The molecule has 0 aliphatic heterocycles. The zero-order chi connectivity index (χ0) is 14.4. The molecule has 3 amide bonds. The average molecular weight is 284 g/mol. The first-order valence-corrected chi connectivity index (χ1v) is 6.36. The topological polar surface area (TPSA) is 70.2 Å². The second-order valence-electron chi connectivity index (χ2n) is 4.51. The number of rotatable bonds is 4. The summed E-state index contributed by atoms with van der Waals surface area (Å²) in [6.07, 6.45) is 0. The number of carbonyl (C=O) groups is 2. The summed E-state index contributed by atoms with van der Waals surface area (Å²) in [6.45, 7) is 5.54. The van der Waals surface area contributed by atoms with Crippen molar-refractivity contribution in [1.82, 2.24) is 10.6 Å². The number of carbonyl (C=O) groups excluding carboxylic acids is 2. The maximum Gasteiger partial charge on any atom is 0.321 e. The number of halogens is 1. The number of amides is 3. The van der Waals surface area contributed by atoms with Gasteiger partial charge in [0.2, 0.25) is 5.91 Å². The fourth-order valence-electron chi connectivity index (χ4n) is 1.41. The summed E-state index contributed by atoms with van der Waals surface area (Å²) >= 11 is 6.01. The normalized spacial score (nSPS) is 10.2. The van der Waals surface area contributed by atoms with E-state index in [9.17, 15) is 9.59 Å². The van der Waals surface area contributed by atoms with Crippen LogP contribution in [-0.2, 0) is 4.79 Å². The van der Waals surface area contributed by atoms with Gasteiger partial charge in [-0.15, -0.1) is 0 Å². The van der Waals surface area contributed by atoms with Gasteiger partial charge in [0.05, 0.1) is 17.3 Å². The first-order valence-electron chi connectivity index (χ1n) is 5.99. The van der Waals surface area contributed by atoms with E-state index >= 15 is 0 Å². The molecule has 0 saturated heterocycles. The van der Waals surface area contributed by atoms with Crippen molar-refractivity contribution < 1.29 is 9.59 Å². The van der Waals surface area contributed by atoms with Crippen molar-refractivity contribution in [1.29, 1.82) is 0 Å². The minimum absolute atomic E-state index is 0.0195. The van der Waals surface area contributed by atoms with E-state index in [1.807, 2.05) is 26.8 Å². The first-order chi connectivity index (χ1) is 8.88. The molecular weight excluding hydrogens is 266 g/mol. The molecule has 1 aromatic carbocycles. The molecule has 104 valence electrons. The number of hydrogen-bond acceptors (Lipinski definition) is 3. The van der Waals surface area contributed by atoms with Gasteiger partial charge in [0.25, 0.3) is 0 Å². The van der Waals surface area contributed by atoms with E-state index < -0.39 is 11.9 Å². The van der Waals surface area contributed by atoms with E-state index in [1.165, 1.54) is 0 Å². The Morgan fingerprint density at radius 2 is 2.00 bits per heavy atom. The smallest absolute Gasteiger partial charge is 0.321 e. The van der Waals surface area contributed by atoms with Crippen LogP contribution in [0.5, 0.6) is 0 Å². The van der Waals surface area contributed by atoms with E-state index in [1.54, 1.807) is 12.1 Å². The summed E-state index contributed by atoms with van der Waals surface area (Å²) in [7, 11) is 0. The molecule has 19 heavy (non-hydrogen) atoms. The van der Waals surface area contributed by atoms with Crippen LogP contribution in [0.15, 0.2) is 18.2 Å². The van der Waals surface area contributed by atoms with Crippen LogP contribution in [-0.4, -0.2) is 24.5 Å². The molecule has 0 saturated carbocycles. The monoisotopic (exact) mass is 283 g/mol. The van der Waals surface area contributed by atoms with Gasteiger partial charge in [0.15, 0.2) is 0 Å². The lowest BCUT2D eigenvalue weighted by Gasteiger charge is -2.11. The van der Waals surface area contributed by atoms with Crippen LogP contribution in [0.4, 0.5) is 10.5 Å². The Labute approximate surface area is 117 Å².